The molecule has 0 N–H and O–H groups in total. The number of rotatable bonds is 6. The summed E-state index contributed by atoms with van der Waals surface area (Å²) in [5.41, 5.74) is 0.683. The number of nitro benzene ring substituents is 1. The highest BCUT2D eigenvalue weighted by Crippen LogP contribution is 2.24. The lowest BCUT2D eigenvalue weighted by Crippen LogP contribution is -2.26. The molecule has 1 heterocycles. The van der Waals surface area contributed by atoms with Crippen LogP contribution in [0, 0.1) is 10.1 Å². The number of Topliss-reactive ketones (excluding diaryl/α,β-unsaturated/α-hetero) is 1. The van der Waals surface area contributed by atoms with Crippen LogP contribution in [-0.2, 0) is 0 Å². The van der Waals surface area contributed by atoms with Crippen LogP contribution in [0.2, 0.25) is 0 Å². The van der Waals surface area contributed by atoms with Crippen molar-refractivity contribution in [2.75, 3.05) is 19.6 Å². The summed E-state index contributed by atoms with van der Waals surface area (Å²) in [5, 5.41) is 10.6. The number of carbonyl (C=O) groups is 1. The molecule has 0 aromatic heterocycles. The second kappa shape index (κ2) is 7.23. The van der Waals surface area contributed by atoms with Gasteiger partial charge in [0.2, 0.25) is 0 Å². The van der Waals surface area contributed by atoms with Crippen LogP contribution in [0.1, 0.15) is 23.2 Å². The van der Waals surface area contributed by atoms with E-state index in [9.17, 15) is 14.9 Å². The van der Waals surface area contributed by atoms with Gasteiger partial charge in [0.15, 0.2) is 5.78 Å². The summed E-state index contributed by atoms with van der Waals surface area (Å²) < 4.78 is 5.64. The van der Waals surface area contributed by atoms with Crippen LogP contribution in [0.25, 0.3) is 0 Å². The first-order valence-corrected chi connectivity index (χ1v) is 7.90. The number of hydrogen-bond donors (Lipinski definition) is 0. The molecule has 0 radical (unpaired) electrons. The number of nitrogens with zero attached hydrogens (tertiary/aromatic N) is 2. The normalized spacial score (nSPS) is 14.5. The number of nitro groups is 1. The van der Waals surface area contributed by atoms with Crippen molar-refractivity contribution in [2.24, 2.45) is 0 Å². The molecule has 0 aliphatic carbocycles. The minimum absolute atomic E-state index is 0.0187. The number of benzene rings is 2. The molecule has 0 spiro atoms. The van der Waals surface area contributed by atoms with Crippen LogP contribution in [0.3, 0.4) is 0 Å². The predicted molar refractivity (Wildman–Crippen MR) is 89.6 cm³/mol. The summed E-state index contributed by atoms with van der Waals surface area (Å²) in [6, 6.07) is 12.8. The standard InChI is InChI=1S/C18H18N2O4/c21-18(13-19-11-1-2-12-19)14-3-7-16(8-4-14)24-17-9-5-15(6-10-17)20(22)23/h3-10H,1-2,11-13H2. The van der Waals surface area contributed by atoms with Gasteiger partial charge >= 0.3 is 0 Å². The molecule has 0 saturated carbocycles. The second-order valence-corrected chi connectivity index (χ2v) is 5.78. The zero-order valence-electron chi connectivity index (χ0n) is 13.2. The lowest BCUT2D eigenvalue weighted by Gasteiger charge is -2.13. The highest BCUT2D eigenvalue weighted by molar-refractivity contribution is 5.97. The summed E-state index contributed by atoms with van der Waals surface area (Å²) >= 11 is 0. The Bertz CT molecular complexity index is 720. The Morgan fingerprint density at radius 3 is 2.08 bits per heavy atom. The molecule has 0 atom stereocenters. The average Bonchev–Trinajstić information content (AvgIpc) is 3.09. The Hall–Kier alpha value is -2.73. The second-order valence-electron chi connectivity index (χ2n) is 5.78. The van der Waals surface area contributed by atoms with E-state index in [1.165, 1.54) is 12.1 Å². The molecule has 1 aliphatic heterocycles. The largest absolute Gasteiger partial charge is 0.457 e. The van der Waals surface area contributed by atoms with Crippen LogP contribution >= 0.6 is 0 Å². The van der Waals surface area contributed by atoms with Gasteiger partial charge in [-0.15, -0.1) is 0 Å². The van der Waals surface area contributed by atoms with Gasteiger partial charge in [0, 0.05) is 17.7 Å². The highest BCUT2D eigenvalue weighted by atomic mass is 16.6. The van der Waals surface area contributed by atoms with E-state index in [0.29, 0.717) is 23.6 Å². The number of ketones is 1. The summed E-state index contributed by atoms with van der Waals surface area (Å²) in [4.78, 5) is 24.6. The van der Waals surface area contributed by atoms with Gasteiger partial charge in [-0.2, -0.15) is 0 Å². The van der Waals surface area contributed by atoms with Crippen molar-refractivity contribution in [3.63, 3.8) is 0 Å². The molecule has 1 saturated heterocycles. The monoisotopic (exact) mass is 326 g/mol. The van der Waals surface area contributed by atoms with E-state index in [2.05, 4.69) is 4.90 Å². The van der Waals surface area contributed by atoms with Gasteiger partial charge in [-0.05, 0) is 62.3 Å². The minimum Gasteiger partial charge on any atom is -0.457 e. The van der Waals surface area contributed by atoms with Gasteiger partial charge in [-0.3, -0.25) is 19.8 Å². The van der Waals surface area contributed by atoms with Gasteiger partial charge in [0.1, 0.15) is 11.5 Å². The molecule has 2 aromatic rings. The van der Waals surface area contributed by atoms with Gasteiger partial charge in [0.05, 0.1) is 11.5 Å². The Balaban J connectivity index is 1.61. The Labute approximate surface area is 139 Å². The Kier molecular flexibility index (Phi) is 4.86. The number of carbonyl (C=O) groups excluding carboxylic acids is 1. The third-order valence-electron chi connectivity index (χ3n) is 4.03. The van der Waals surface area contributed by atoms with Crippen LogP contribution in [0.5, 0.6) is 11.5 Å². The number of hydrogen-bond acceptors (Lipinski definition) is 5. The average molecular weight is 326 g/mol. The summed E-state index contributed by atoms with van der Waals surface area (Å²) in [6.07, 6.45) is 2.32. The first-order valence-electron chi connectivity index (χ1n) is 7.90. The Morgan fingerprint density at radius 2 is 1.54 bits per heavy atom. The molecular weight excluding hydrogens is 308 g/mol. The molecule has 1 aliphatic rings. The van der Waals surface area contributed by atoms with Gasteiger partial charge in [0.25, 0.3) is 5.69 Å². The van der Waals surface area contributed by atoms with Gasteiger partial charge < -0.3 is 4.74 Å². The molecule has 6 heteroatoms. The third kappa shape index (κ3) is 3.97. The number of non-ortho nitro benzene ring substituents is 1. The minimum atomic E-state index is -0.454. The topological polar surface area (TPSA) is 72.7 Å². The van der Waals surface area contributed by atoms with Crippen molar-refractivity contribution >= 4 is 11.5 Å². The van der Waals surface area contributed by atoms with Crippen LogP contribution < -0.4 is 4.74 Å². The fourth-order valence-electron chi connectivity index (χ4n) is 2.72. The zero-order chi connectivity index (χ0) is 16.9. The van der Waals surface area contributed by atoms with Crippen molar-refractivity contribution in [2.45, 2.75) is 12.8 Å². The van der Waals surface area contributed by atoms with Crippen LogP contribution in [0.15, 0.2) is 48.5 Å². The molecule has 124 valence electrons. The first-order chi connectivity index (χ1) is 11.6. The van der Waals surface area contributed by atoms with E-state index in [4.69, 9.17) is 4.74 Å². The summed E-state index contributed by atoms with van der Waals surface area (Å²) in [5.74, 6) is 1.21. The fourth-order valence-corrected chi connectivity index (χ4v) is 2.72. The molecule has 2 aromatic carbocycles. The molecular formula is C18H18N2O4. The predicted octanol–water partition coefficient (Wildman–Crippen LogP) is 3.67. The van der Waals surface area contributed by atoms with Crippen molar-refractivity contribution in [3.8, 4) is 11.5 Å². The molecule has 3 rings (SSSR count). The maximum Gasteiger partial charge on any atom is 0.269 e. The van der Waals surface area contributed by atoms with E-state index in [0.717, 1.165) is 25.9 Å². The SMILES string of the molecule is O=C(CN1CCCC1)c1ccc(Oc2ccc([N+](=O)[O-])cc2)cc1. The van der Waals surface area contributed by atoms with E-state index >= 15 is 0 Å². The first kappa shape index (κ1) is 16.1. The van der Waals surface area contributed by atoms with Gasteiger partial charge in [-0.1, -0.05) is 0 Å². The maximum atomic E-state index is 12.2. The lowest BCUT2D eigenvalue weighted by molar-refractivity contribution is -0.384. The van der Waals surface area contributed by atoms with Crippen LogP contribution in [-0.4, -0.2) is 35.2 Å². The quantitative estimate of drug-likeness (QED) is 0.460. The van der Waals surface area contributed by atoms with E-state index in [-0.39, 0.29) is 11.5 Å². The number of ether oxygens (including phenoxy) is 1. The third-order valence-corrected chi connectivity index (χ3v) is 4.03. The zero-order valence-corrected chi connectivity index (χ0v) is 13.2. The molecule has 0 bridgehead atoms. The Morgan fingerprint density at radius 1 is 1.00 bits per heavy atom. The fraction of sp³-hybridized carbons (Fsp3) is 0.278. The smallest absolute Gasteiger partial charge is 0.269 e. The van der Waals surface area contributed by atoms with E-state index in [1.807, 2.05) is 0 Å². The molecule has 0 unspecified atom stereocenters. The lowest BCUT2D eigenvalue weighted by atomic mass is 10.1. The van der Waals surface area contributed by atoms with Crippen molar-refractivity contribution in [1.29, 1.82) is 0 Å². The summed E-state index contributed by atoms with van der Waals surface area (Å²) in [6.45, 7) is 2.45. The van der Waals surface area contributed by atoms with Crippen molar-refractivity contribution in [3.05, 3.63) is 64.2 Å². The molecule has 24 heavy (non-hydrogen) atoms. The molecule has 6 nitrogen and oxygen atoms in total. The van der Waals surface area contributed by atoms with Crippen molar-refractivity contribution < 1.29 is 14.5 Å². The molecule has 1 fully saturated rings. The van der Waals surface area contributed by atoms with E-state index in [1.54, 1.807) is 36.4 Å². The van der Waals surface area contributed by atoms with Crippen LogP contribution in [0.4, 0.5) is 5.69 Å². The molecule has 0 amide bonds. The van der Waals surface area contributed by atoms with Gasteiger partial charge in [-0.25, -0.2) is 0 Å². The van der Waals surface area contributed by atoms with E-state index < -0.39 is 4.92 Å². The van der Waals surface area contributed by atoms with Crippen molar-refractivity contribution in [1.82, 2.24) is 4.90 Å². The summed E-state index contributed by atoms with van der Waals surface area (Å²) in [7, 11) is 0. The maximum absolute atomic E-state index is 12.2. The number of likely N-dealkylation sites (tertiary alicyclic amines) is 1. The highest BCUT2D eigenvalue weighted by Gasteiger charge is 2.16.